The van der Waals surface area contributed by atoms with Gasteiger partial charge in [0.2, 0.25) is 5.91 Å². The minimum atomic E-state index is -1.34. The Bertz CT molecular complexity index is 261. The predicted octanol–water partition coefficient (Wildman–Crippen LogP) is -1.42. The molecular formula is C12H24N2O4. The van der Waals surface area contributed by atoms with Gasteiger partial charge in [0.05, 0.1) is 19.8 Å². The zero-order valence-corrected chi connectivity index (χ0v) is 10.6. The van der Waals surface area contributed by atoms with E-state index in [1.165, 1.54) is 0 Å². The minimum Gasteiger partial charge on any atom is -0.394 e. The number of carbonyl (C=O) groups is 1. The highest BCUT2D eigenvalue weighted by atomic mass is 16.3. The second kappa shape index (κ2) is 7.04. The Kier molecular flexibility index (Phi) is 6.01. The smallest absolute Gasteiger partial charge is 0.224 e. The van der Waals surface area contributed by atoms with Crippen LogP contribution in [0.15, 0.2) is 0 Å². The van der Waals surface area contributed by atoms with Crippen LogP contribution in [0.25, 0.3) is 0 Å². The Labute approximate surface area is 107 Å². The third-order valence-corrected chi connectivity index (χ3v) is 3.84. The summed E-state index contributed by atoms with van der Waals surface area (Å²) in [5.41, 5.74) is 4.32. The Hall–Kier alpha value is -0.690. The van der Waals surface area contributed by atoms with E-state index < -0.39 is 25.4 Å². The zero-order chi connectivity index (χ0) is 13.6. The van der Waals surface area contributed by atoms with E-state index in [1.807, 2.05) is 0 Å². The Balaban J connectivity index is 2.67. The lowest BCUT2D eigenvalue weighted by Crippen LogP contribution is -2.59. The molecule has 0 saturated heterocycles. The molecule has 106 valence electrons. The topological polar surface area (TPSA) is 116 Å². The van der Waals surface area contributed by atoms with Crippen molar-refractivity contribution in [3.8, 4) is 0 Å². The van der Waals surface area contributed by atoms with Crippen molar-refractivity contribution in [2.45, 2.75) is 31.2 Å². The van der Waals surface area contributed by atoms with E-state index in [4.69, 9.17) is 5.73 Å². The van der Waals surface area contributed by atoms with Gasteiger partial charge in [0, 0.05) is 5.92 Å². The summed E-state index contributed by atoms with van der Waals surface area (Å²) in [4.78, 5) is 12.2. The van der Waals surface area contributed by atoms with Gasteiger partial charge in [-0.05, 0) is 25.3 Å². The molecular weight excluding hydrogens is 236 g/mol. The van der Waals surface area contributed by atoms with E-state index in [1.54, 1.807) is 0 Å². The monoisotopic (exact) mass is 260 g/mol. The van der Waals surface area contributed by atoms with Crippen LogP contribution in [0.3, 0.4) is 0 Å². The average Bonchev–Trinajstić information content (AvgIpc) is 2.44. The summed E-state index contributed by atoms with van der Waals surface area (Å²) < 4.78 is 0. The van der Waals surface area contributed by atoms with E-state index in [9.17, 15) is 20.1 Å². The number of carbonyl (C=O) groups excluding carboxylic acids is 1. The van der Waals surface area contributed by atoms with E-state index >= 15 is 0 Å². The summed E-state index contributed by atoms with van der Waals surface area (Å²) >= 11 is 0. The molecule has 1 saturated carbocycles. The van der Waals surface area contributed by atoms with Gasteiger partial charge in [-0.25, -0.2) is 0 Å². The van der Waals surface area contributed by atoms with Crippen LogP contribution in [0.4, 0.5) is 0 Å². The number of aliphatic hydroxyl groups is 3. The van der Waals surface area contributed by atoms with Gasteiger partial charge in [0.1, 0.15) is 5.54 Å². The minimum absolute atomic E-state index is 0.146. The molecule has 0 spiro atoms. The molecule has 0 heterocycles. The van der Waals surface area contributed by atoms with Crippen molar-refractivity contribution in [3.63, 3.8) is 0 Å². The molecule has 6 N–H and O–H groups in total. The Morgan fingerprint density at radius 2 is 1.72 bits per heavy atom. The molecule has 0 aromatic heterocycles. The van der Waals surface area contributed by atoms with Crippen LogP contribution >= 0.6 is 0 Å². The fourth-order valence-electron chi connectivity index (χ4n) is 2.46. The first-order valence-electron chi connectivity index (χ1n) is 6.47. The first kappa shape index (κ1) is 15.4. The highest BCUT2D eigenvalue weighted by Gasteiger charge is 2.36. The molecule has 0 radical (unpaired) electrons. The Morgan fingerprint density at radius 1 is 1.17 bits per heavy atom. The molecule has 18 heavy (non-hydrogen) atoms. The van der Waals surface area contributed by atoms with Gasteiger partial charge >= 0.3 is 0 Å². The van der Waals surface area contributed by atoms with Crippen LogP contribution in [0, 0.1) is 11.8 Å². The van der Waals surface area contributed by atoms with Gasteiger partial charge in [-0.2, -0.15) is 0 Å². The summed E-state index contributed by atoms with van der Waals surface area (Å²) in [6.45, 7) is -1.02. The van der Waals surface area contributed by atoms with Crippen molar-refractivity contribution in [1.29, 1.82) is 0 Å². The number of hydrogen-bond acceptors (Lipinski definition) is 5. The number of nitrogens with one attached hydrogen (secondary N) is 1. The fourth-order valence-corrected chi connectivity index (χ4v) is 2.46. The van der Waals surface area contributed by atoms with Crippen LogP contribution in [0.2, 0.25) is 0 Å². The van der Waals surface area contributed by atoms with Crippen LogP contribution < -0.4 is 11.1 Å². The molecule has 1 aliphatic rings. The highest BCUT2D eigenvalue weighted by Crippen LogP contribution is 2.29. The van der Waals surface area contributed by atoms with E-state index in [2.05, 4.69) is 5.32 Å². The molecule has 1 rings (SSSR count). The average molecular weight is 260 g/mol. The largest absolute Gasteiger partial charge is 0.394 e. The third kappa shape index (κ3) is 3.41. The predicted molar refractivity (Wildman–Crippen MR) is 66.6 cm³/mol. The summed E-state index contributed by atoms with van der Waals surface area (Å²) in [6.07, 6.45) is 3.76. The van der Waals surface area contributed by atoms with Crippen LogP contribution in [0.1, 0.15) is 25.7 Å². The SMILES string of the molecule is NCC1CCCCC1C(=O)NC(CO)(CO)CO. The van der Waals surface area contributed by atoms with Crippen molar-refractivity contribution in [3.05, 3.63) is 0 Å². The lowest BCUT2D eigenvalue weighted by atomic mass is 9.78. The lowest BCUT2D eigenvalue weighted by molar-refractivity contribution is -0.132. The van der Waals surface area contributed by atoms with Crippen LogP contribution in [-0.2, 0) is 4.79 Å². The normalized spacial score (nSPS) is 24.9. The molecule has 1 aliphatic carbocycles. The van der Waals surface area contributed by atoms with Crippen molar-refractivity contribution in [2.24, 2.45) is 17.6 Å². The maximum Gasteiger partial charge on any atom is 0.224 e. The molecule has 0 aromatic rings. The number of nitrogens with two attached hydrogens (primary N) is 1. The quantitative estimate of drug-likeness (QED) is 0.402. The van der Waals surface area contributed by atoms with Gasteiger partial charge in [-0.15, -0.1) is 0 Å². The standard InChI is InChI=1S/C12H24N2O4/c13-5-9-3-1-2-4-10(9)11(18)14-12(6-15,7-16)8-17/h9-10,15-17H,1-8,13H2,(H,14,18). The highest BCUT2D eigenvalue weighted by molar-refractivity contribution is 5.80. The van der Waals surface area contributed by atoms with E-state index in [0.717, 1.165) is 25.7 Å². The first-order chi connectivity index (χ1) is 8.62. The molecule has 6 nitrogen and oxygen atoms in total. The second-order valence-electron chi connectivity index (χ2n) is 5.13. The van der Waals surface area contributed by atoms with Gasteiger partial charge in [-0.1, -0.05) is 12.8 Å². The second-order valence-corrected chi connectivity index (χ2v) is 5.13. The molecule has 0 aromatic carbocycles. The van der Waals surface area contributed by atoms with E-state index in [-0.39, 0.29) is 17.7 Å². The summed E-state index contributed by atoms with van der Waals surface area (Å²) in [7, 11) is 0. The Morgan fingerprint density at radius 3 is 2.22 bits per heavy atom. The van der Waals surface area contributed by atoms with Gasteiger partial charge in [0.25, 0.3) is 0 Å². The lowest BCUT2D eigenvalue weighted by Gasteiger charge is -2.34. The maximum absolute atomic E-state index is 12.2. The third-order valence-electron chi connectivity index (χ3n) is 3.84. The number of amides is 1. The number of hydrogen-bond donors (Lipinski definition) is 5. The zero-order valence-electron chi connectivity index (χ0n) is 10.6. The number of aliphatic hydroxyl groups excluding tert-OH is 3. The van der Waals surface area contributed by atoms with Crippen LogP contribution in [0.5, 0.6) is 0 Å². The fraction of sp³-hybridized carbons (Fsp3) is 0.917. The van der Waals surface area contributed by atoms with Crippen molar-refractivity contribution < 1.29 is 20.1 Å². The maximum atomic E-state index is 12.2. The van der Waals surface area contributed by atoms with Crippen molar-refractivity contribution in [2.75, 3.05) is 26.4 Å². The van der Waals surface area contributed by atoms with Crippen molar-refractivity contribution in [1.82, 2.24) is 5.32 Å². The molecule has 2 unspecified atom stereocenters. The van der Waals surface area contributed by atoms with Gasteiger partial charge < -0.3 is 26.4 Å². The summed E-state index contributed by atoms with van der Waals surface area (Å²) in [5.74, 6) is -0.275. The van der Waals surface area contributed by atoms with Gasteiger partial charge in [-0.3, -0.25) is 4.79 Å². The van der Waals surface area contributed by atoms with Crippen molar-refractivity contribution >= 4 is 5.91 Å². The summed E-state index contributed by atoms with van der Waals surface area (Å²) in [6, 6.07) is 0. The van der Waals surface area contributed by atoms with E-state index in [0.29, 0.717) is 6.54 Å². The first-order valence-corrected chi connectivity index (χ1v) is 6.47. The molecule has 0 aliphatic heterocycles. The molecule has 1 fully saturated rings. The molecule has 2 atom stereocenters. The number of rotatable bonds is 6. The van der Waals surface area contributed by atoms with Gasteiger partial charge in [0.15, 0.2) is 0 Å². The van der Waals surface area contributed by atoms with Crippen LogP contribution in [-0.4, -0.2) is 53.1 Å². The molecule has 6 heteroatoms. The molecule has 0 bridgehead atoms. The molecule has 1 amide bonds. The summed E-state index contributed by atoms with van der Waals surface area (Å²) in [5, 5.41) is 30.1.